The Bertz CT molecular complexity index is 529. The van der Waals surface area contributed by atoms with Gasteiger partial charge in [0.15, 0.2) is 5.76 Å². The van der Waals surface area contributed by atoms with Crippen LogP contribution in [0.25, 0.3) is 11.6 Å². The lowest BCUT2D eigenvalue weighted by molar-refractivity contribution is 0.150. The summed E-state index contributed by atoms with van der Waals surface area (Å²) in [5.74, 6) is 1.62. The molecule has 0 unspecified atom stereocenters. The van der Waals surface area contributed by atoms with Crippen molar-refractivity contribution in [1.82, 2.24) is 15.0 Å². The molecule has 0 amide bonds. The molecule has 2 heterocycles. The number of aromatic nitrogens is 2. The Kier molecular flexibility index (Phi) is 5.14. The van der Waals surface area contributed by atoms with E-state index in [4.69, 9.17) is 14.0 Å². The smallest absolute Gasteiger partial charge is 0.241 e. The van der Waals surface area contributed by atoms with E-state index in [0.717, 1.165) is 19.5 Å². The number of hydrogen-bond acceptors (Lipinski definition) is 6. The maximum Gasteiger partial charge on any atom is 0.241 e. The van der Waals surface area contributed by atoms with Crippen molar-refractivity contribution in [2.45, 2.75) is 33.7 Å². The van der Waals surface area contributed by atoms with Crippen molar-refractivity contribution in [1.29, 1.82) is 0 Å². The predicted molar refractivity (Wildman–Crippen MR) is 78.4 cm³/mol. The summed E-state index contributed by atoms with van der Waals surface area (Å²) < 4.78 is 10.5. The van der Waals surface area contributed by atoms with E-state index in [9.17, 15) is 0 Å². The molecule has 0 aliphatic carbocycles. The van der Waals surface area contributed by atoms with E-state index in [1.54, 1.807) is 18.4 Å². The molecule has 0 spiro atoms. The van der Waals surface area contributed by atoms with E-state index in [-0.39, 0.29) is 12.0 Å². The SMILES string of the molecule is CC(C)(C)CN(CCCO)Cc1nc(-c2ccco2)no1. The van der Waals surface area contributed by atoms with Gasteiger partial charge >= 0.3 is 0 Å². The molecule has 0 saturated heterocycles. The summed E-state index contributed by atoms with van der Waals surface area (Å²) in [5, 5.41) is 13.0. The Morgan fingerprint density at radius 3 is 2.76 bits per heavy atom. The number of furan rings is 1. The van der Waals surface area contributed by atoms with Gasteiger partial charge in [-0.25, -0.2) is 0 Å². The predicted octanol–water partition coefficient (Wildman–Crippen LogP) is 2.56. The minimum absolute atomic E-state index is 0.166. The number of aliphatic hydroxyl groups is 1. The summed E-state index contributed by atoms with van der Waals surface area (Å²) in [4.78, 5) is 6.57. The second-order valence-corrected chi connectivity index (χ2v) is 6.34. The zero-order chi connectivity index (χ0) is 15.3. The third kappa shape index (κ3) is 4.99. The summed E-state index contributed by atoms with van der Waals surface area (Å²) in [7, 11) is 0. The second-order valence-electron chi connectivity index (χ2n) is 6.34. The lowest BCUT2D eigenvalue weighted by Crippen LogP contribution is -2.33. The van der Waals surface area contributed by atoms with Crippen molar-refractivity contribution >= 4 is 0 Å². The maximum atomic E-state index is 9.02. The summed E-state index contributed by atoms with van der Waals surface area (Å²) in [6, 6.07) is 3.59. The highest BCUT2D eigenvalue weighted by Gasteiger charge is 2.19. The average molecular weight is 293 g/mol. The van der Waals surface area contributed by atoms with Crippen LogP contribution in [-0.4, -0.2) is 39.8 Å². The van der Waals surface area contributed by atoms with E-state index in [0.29, 0.717) is 24.0 Å². The van der Waals surface area contributed by atoms with Gasteiger partial charge in [-0.1, -0.05) is 25.9 Å². The Morgan fingerprint density at radius 2 is 2.14 bits per heavy atom. The monoisotopic (exact) mass is 293 g/mol. The Balaban J connectivity index is 2.02. The van der Waals surface area contributed by atoms with E-state index in [2.05, 4.69) is 35.8 Å². The van der Waals surface area contributed by atoms with Gasteiger partial charge < -0.3 is 14.0 Å². The topological polar surface area (TPSA) is 75.5 Å². The summed E-state index contributed by atoms with van der Waals surface area (Å²) in [5.41, 5.74) is 0.166. The van der Waals surface area contributed by atoms with Gasteiger partial charge in [0.1, 0.15) is 0 Å². The van der Waals surface area contributed by atoms with Crippen molar-refractivity contribution in [2.75, 3.05) is 19.7 Å². The highest BCUT2D eigenvalue weighted by Crippen LogP contribution is 2.19. The van der Waals surface area contributed by atoms with Gasteiger partial charge in [-0.2, -0.15) is 4.98 Å². The van der Waals surface area contributed by atoms with Crippen molar-refractivity contribution in [3.63, 3.8) is 0 Å². The minimum Gasteiger partial charge on any atom is -0.461 e. The third-order valence-corrected chi connectivity index (χ3v) is 2.90. The maximum absolute atomic E-state index is 9.02. The third-order valence-electron chi connectivity index (χ3n) is 2.90. The summed E-state index contributed by atoms with van der Waals surface area (Å²) in [6.07, 6.45) is 2.31. The van der Waals surface area contributed by atoms with E-state index in [1.165, 1.54) is 0 Å². The molecule has 2 rings (SSSR count). The van der Waals surface area contributed by atoms with Crippen LogP contribution in [0.3, 0.4) is 0 Å². The van der Waals surface area contributed by atoms with E-state index in [1.807, 2.05) is 0 Å². The van der Waals surface area contributed by atoms with Gasteiger partial charge in [-0.3, -0.25) is 4.90 Å². The zero-order valence-corrected chi connectivity index (χ0v) is 12.9. The van der Waals surface area contributed by atoms with Gasteiger partial charge in [0.2, 0.25) is 11.7 Å². The summed E-state index contributed by atoms with van der Waals surface area (Å²) >= 11 is 0. The van der Waals surface area contributed by atoms with Gasteiger partial charge in [0.25, 0.3) is 0 Å². The molecule has 21 heavy (non-hydrogen) atoms. The van der Waals surface area contributed by atoms with E-state index < -0.39 is 0 Å². The first kappa shape index (κ1) is 15.7. The van der Waals surface area contributed by atoms with Crippen molar-refractivity contribution in [3.8, 4) is 11.6 Å². The fourth-order valence-electron chi connectivity index (χ4n) is 2.20. The van der Waals surface area contributed by atoms with Crippen LogP contribution in [0.15, 0.2) is 27.3 Å². The Morgan fingerprint density at radius 1 is 1.33 bits per heavy atom. The normalized spacial score (nSPS) is 12.2. The molecular weight excluding hydrogens is 270 g/mol. The van der Waals surface area contributed by atoms with E-state index >= 15 is 0 Å². The molecule has 1 N–H and O–H groups in total. The lowest BCUT2D eigenvalue weighted by Gasteiger charge is -2.28. The molecule has 2 aromatic heterocycles. The molecule has 0 aromatic carbocycles. The highest BCUT2D eigenvalue weighted by molar-refractivity contribution is 5.44. The largest absolute Gasteiger partial charge is 0.461 e. The fourth-order valence-corrected chi connectivity index (χ4v) is 2.20. The lowest BCUT2D eigenvalue weighted by atomic mass is 9.96. The van der Waals surface area contributed by atoms with Gasteiger partial charge in [-0.05, 0) is 24.0 Å². The van der Waals surface area contributed by atoms with Crippen molar-refractivity contribution in [2.24, 2.45) is 5.41 Å². The van der Waals surface area contributed by atoms with Crippen molar-refractivity contribution < 1.29 is 14.0 Å². The highest BCUT2D eigenvalue weighted by atomic mass is 16.5. The van der Waals surface area contributed by atoms with Gasteiger partial charge in [-0.15, -0.1) is 0 Å². The van der Waals surface area contributed by atoms with Crippen LogP contribution in [-0.2, 0) is 6.54 Å². The van der Waals surface area contributed by atoms with Crippen LogP contribution >= 0.6 is 0 Å². The zero-order valence-electron chi connectivity index (χ0n) is 12.9. The van der Waals surface area contributed by atoms with Crippen LogP contribution in [0.4, 0.5) is 0 Å². The molecule has 6 heteroatoms. The van der Waals surface area contributed by atoms with Crippen LogP contribution in [0.2, 0.25) is 0 Å². The van der Waals surface area contributed by atoms with Crippen LogP contribution in [0.1, 0.15) is 33.1 Å². The van der Waals surface area contributed by atoms with Gasteiger partial charge in [0, 0.05) is 19.7 Å². The first-order valence-electron chi connectivity index (χ1n) is 7.17. The molecular formula is C15H23N3O3. The quantitative estimate of drug-likeness (QED) is 0.845. The van der Waals surface area contributed by atoms with Crippen LogP contribution < -0.4 is 0 Å². The fraction of sp³-hybridized carbons (Fsp3) is 0.600. The average Bonchev–Trinajstić information content (AvgIpc) is 3.04. The molecule has 0 aliphatic rings. The molecule has 6 nitrogen and oxygen atoms in total. The minimum atomic E-state index is 0.166. The van der Waals surface area contributed by atoms with Crippen LogP contribution in [0, 0.1) is 5.41 Å². The first-order chi connectivity index (χ1) is 9.98. The molecule has 0 bridgehead atoms. The molecule has 0 saturated carbocycles. The number of aliphatic hydroxyl groups excluding tert-OH is 1. The molecule has 0 radical (unpaired) electrons. The molecule has 0 fully saturated rings. The molecule has 0 aliphatic heterocycles. The molecule has 0 atom stereocenters. The van der Waals surface area contributed by atoms with Crippen molar-refractivity contribution in [3.05, 3.63) is 24.3 Å². The molecule has 2 aromatic rings. The number of nitrogens with zero attached hydrogens (tertiary/aromatic N) is 3. The standard InChI is InChI=1S/C15H23N3O3/c1-15(2,3)11-18(7-5-8-19)10-13-16-14(17-21-13)12-6-4-9-20-12/h4,6,9,19H,5,7-8,10-11H2,1-3H3. The summed E-state index contributed by atoms with van der Waals surface area (Å²) in [6.45, 7) is 8.99. The molecule has 116 valence electrons. The van der Waals surface area contributed by atoms with Gasteiger partial charge in [0.05, 0.1) is 12.8 Å². The Hall–Kier alpha value is -1.66. The Labute approximate surface area is 124 Å². The van der Waals surface area contributed by atoms with Crippen LogP contribution in [0.5, 0.6) is 0 Å². The number of hydrogen-bond donors (Lipinski definition) is 1. The second kappa shape index (κ2) is 6.87. The first-order valence-corrected chi connectivity index (χ1v) is 7.17. The number of rotatable bonds is 7.